The number of aldehydes is 1. The van der Waals surface area contributed by atoms with E-state index in [9.17, 15) is 9.59 Å². The van der Waals surface area contributed by atoms with Gasteiger partial charge >= 0.3 is 0 Å². The van der Waals surface area contributed by atoms with Gasteiger partial charge in [0.25, 0.3) is 5.91 Å². The van der Waals surface area contributed by atoms with Crippen LogP contribution in [0.2, 0.25) is 5.02 Å². The molecule has 10 heteroatoms. The Morgan fingerprint density at radius 1 is 1.04 bits per heavy atom. The summed E-state index contributed by atoms with van der Waals surface area (Å²) in [5, 5.41) is 18.6. The highest BCUT2D eigenvalue weighted by molar-refractivity contribution is 8.13. The SMILES string of the molecule is C=S1NC(=O)c2ccc3c(c2)N(CC(c2ccc(Cl)cc2CCC)CO3)CC2CCC2C(C=O)CCCC(C)C1C.OCC(CO)N1CCCC1. The number of aliphatic hydroxyl groups is 2. The minimum atomic E-state index is -0.507. The largest absolute Gasteiger partial charge is 0.491 e. The number of aryl methyl sites for hydroxylation is 1. The Morgan fingerprint density at radius 2 is 1.80 bits per heavy atom. The molecule has 7 unspecified atom stereocenters. The van der Waals surface area contributed by atoms with E-state index in [0.29, 0.717) is 29.9 Å². The van der Waals surface area contributed by atoms with Crippen LogP contribution in [-0.2, 0) is 11.2 Å². The number of rotatable bonds is 7. The van der Waals surface area contributed by atoms with Gasteiger partial charge in [-0.3, -0.25) is 9.69 Å². The molecule has 1 amide bonds. The highest BCUT2D eigenvalue weighted by atomic mass is 35.5. The Labute approximate surface area is 313 Å². The van der Waals surface area contributed by atoms with Gasteiger partial charge in [0.2, 0.25) is 0 Å². The number of aliphatic hydroxyl groups excluding tert-OH is 2. The first-order valence-electron chi connectivity index (χ1n) is 19.2. The molecule has 0 aromatic heterocycles. The summed E-state index contributed by atoms with van der Waals surface area (Å²) in [7, 11) is -0.507. The lowest BCUT2D eigenvalue weighted by Crippen LogP contribution is -2.43. The number of ether oxygens (including phenoxy) is 1. The molecule has 3 heterocycles. The van der Waals surface area contributed by atoms with Crippen molar-refractivity contribution in [2.75, 3.05) is 50.9 Å². The third-order valence-corrected chi connectivity index (χ3v) is 14.0. The number of fused-ring (bicyclic) bond motifs is 2. The number of hydrogen-bond acceptors (Lipinski definition) is 7. The highest BCUT2D eigenvalue weighted by Gasteiger charge is 2.39. The number of nitrogens with zero attached hydrogens (tertiary/aromatic N) is 2. The van der Waals surface area contributed by atoms with Gasteiger partial charge in [-0.2, -0.15) is 0 Å². The Hall–Kier alpha value is -2.43. The van der Waals surface area contributed by atoms with Crippen LogP contribution in [0.3, 0.4) is 0 Å². The zero-order chi connectivity index (χ0) is 36.5. The molecular weight excluding hydrogens is 682 g/mol. The summed E-state index contributed by atoms with van der Waals surface area (Å²) in [6.45, 7) is 11.1. The number of nitrogens with one attached hydrogen (secondary N) is 1. The van der Waals surface area contributed by atoms with Crippen molar-refractivity contribution in [3.63, 3.8) is 0 Å². The number of carbonyl (C=O) groups excluding carboxylic acids is 2. The minimum absolute atomic E-state index is 0.0116. The van der Waals surface area contributed by atoms with Gasteiger partial charge in [-0.05, 0) is 117 Å². The molecule has 0 spiro atoms. The number of hydrogen-bond donors (Lipinski definition) is 3. The highest BCUT2D eigenvalue weighted by Crippen LogP contribution is 2.45. The van der Waals surface area contributed by atoms with E-state index in [1.165, 1.54) is 30.3 Å². The monoisotopic (exact) mass is 741 g/mol. The molecule has 282 valence electrons. The van der Waals surface area contributed by atoms with Crippen molar-refractivity contribution in [2.45, 2.75) is 95.8 Å². The summed E-state index contributed by atoms with van der Waals surface area (Å²) in [5.41, 5.74) is 4.17. The van der Waals surface area contributed by atoms with Gasteiger partial charge < -0.3 is 29.4 Å². The molecule has 3 N–H and O–H groups in total. The Balaban J connectivity index is 0.000000435. The minimum Gasteiger partial charge on any atom is -0.491 e. The molecule has 6 rings (SSSR count). The number of likely N-dealkylation sites (tertiary alicyclic amines) is 1. The summed E-state index contributed by atoms with van der Waals surface area (Å²) in [4.78, 5) is 30.3. The van der Waals surface area contributed by atoms with Crippen LogP contribution in [0, 0.1) is 23.7 Å². The Kier molecular flexibility index (Phi) is 14.9. The Morgan fingerprint density at radius 3 is 2.47 bits per heavy atom. The van der Waals surface area contributed by atoms with Gasteiger partial charge in [0.1, 0.15) is 12.0 Å². The molecule has 2 aromatic rings. The van der Waals surface area contributed by atoms with Gasteiger partial charge in [0, 0.05) is 40.8 Å². The zero-order valence-electron chi connectivity index (χ0n) is 30.9. The van der Waals surface area contributed by atoms with Crippen molar-refractivity contribution < 1.29 is 24.5 Å². The Bertz CT molecular complexity index is 1480. The van der Waals surface area contributed by atoms with E-state index in [0.717, 1.165) is 87.6 Å². The van der Waals surface area contributed by atoms with E-state index in [1.54, 1.807) is 0 Å². The van der Waals surface area contributed by atoms with Crippen molar-refractivity contribution in [3.8, 4) is 5.75 Å². The van der Waals surface area contributed by atoms with Gasteiger partial charge in [-0.15, -0.1) is 0 Å². The maximum absolute atomic E-state index is 13.4. The van der Waals surface area contributed by atoms with Crippen LogP contribution >= 0.6 is 22.3 Å². The zero-order valence-corrected chi connectivity index (χ0v) is 32.5. The van der Waals surface area contributed by atoms with Crippen LogP contribution in [0.15, 0.2) is 36.4 Å². The smallest absolute Gasteiger partial charge is 0.260 e. The molecule has 1 saturated carbocycles. The summed E-state index contributed by atoms with van der Waals surface area (Å²) in [6, 6.07) is 12.1. The summed E-state index contributed by atoms with van der Waals surface area (Å²) in [5.74, 6) is 6.62. The molecule has 1 aliphatic carbocycles. The quantitative estimate of drug-likeness (QED) is 0.206. The standard InChI is InChI=1S/C34H45ClN2O3S.C7H15NO2/c1-5-7-24-16-29(35)12-14-30(24)28-19-37-18-26-10-13-31(26)27(20-38)9-6-8-22(2)23(3)41(4)36-34(39)25-11-15-33(40-21-28)32(37)17-25;9-5-7(6-10)8-3-1-2-4-8/h11-12,14-17,20,22-23,26-28,31H,4-10,13,18-19,21H2,1-3H3,(H,36,39);7,9-10H,1-6H2. The maximum Gasteiger partial charge on any atom is 0.260 e. The number of carbonyl (C=O) groups is 2. The molecule has 0 radical (unpaired) electrons. The van der Waals surface area contributed by atoms with E-state index in [-0.39, 0.29) is 42.2 Å². The average Bonchev–Trinajstić information content (AvgIpc) is 3.59. The van der Waals surface area contributed by atoms with Crippen LogP contribution in [-0.4, -0.2) is 90.5 Å². The van der Waals surface area contributed by atoms with Gasteiger partial charge in [-0.1, -0.05) is 67.8 Å². The lowest BCUT2D eigenvalue weighted by molar-refractivity contribution is -0.115. The second-order valence-corrected chi connectivity index (χ2v) is 17.5. The van der Waals surface area contributed by atoms with Crippen LogP contribution in [0.1, 0.15) is 99.5 Å². The predicted octanol–water partition coefficient (Wildman–Crippen LogP) is 7.11. The molecule has 8 nitrogen and oxygen atoms in total. The number of amides is 1. The topological polar surface area (TPSA) is 102 Å². The van der Waals surface area contributed by atoms with Crippen molar-refractivity contribution >= 4 is 46.0 Å². The second-order valence-electron chi connectivity index (χ2n) is 15.2. The molecule has 2 aromatic carbocycles. The van der Waals surface area contributed by atoms with Crippen LogP contribution in [0.5, 0.6) is 5.75 Å². The predicted molar refractivity (Wildman–Crippen MR) is 212 cm³/mol. The first-order chi connectivity index (χ1) is 24.7. The van der Waals surface area contributed by atoms with Gasteiger partial charge in [-0.25, -0.2) is 0 Å². The first-order valence-corrected chi connectivity index (χ1v) is 21.1. The fourth-order valence-corrected chi connectivity index (χ4v) is 9.80. The van der Waals surface area contributed by atoms with Gasteiger partial charge in [0.15, 0.2) is 0 Å². The van der Waals surface area contributed by atoms with E-state index < -0.39 is 10.7 Å². The third-order valence-electron chi connectivity index (χ3n) is 11.9. The third kappa shape index (κ3) is 9.96. The molecule has 2 fully saturated rings. The lowest BCUT2D eigenvalue weighted by Gasteiger charge is -2.43. The second kappa shape index (κ2) is 19.1. The molecular formula is C41H60ClN3O5S. The number of anilines is 1. The molecule has 3 aliphatic heterocycles. The summed E-state index contributed by atoms with van der Waals surface area (Å²) < 4.78 is 9.68. The number of benzene rings is 2. The van der Waals surface area contributed by atoms with E-state index in [4.69, 9.17) is 26.6 Å². The molecule has 4 aliphatic rings. The fraction of sp³-hybridized carbons (Fsp3) is 0.634. The van der Waals surface area contributed by atoms with Crippen molar-refractivity contribution in [2.24, 2.45) is 23.7 Å². The molecule has 7 atom stereocenters. The number of halogens is 1. The molecule has 2 bridgehead atoms. The maximum atomic E-state index is 13.4. The van der Waals surface area contributed by atoms with Crippen molar-refractivity contribution in [3.05, 3.63) is 58.1 Å². The van der Waals surface area contributed by atoms with Crippen LogP contribution in [0.4, 0.5) is 5.69 Å². The van der Waals surface area contributed by atoms with Crippen molar-refractivity contribution in [1.29, 1.82) is 0 Å². The molecule has 1 saturated heterocycles. The van der Waals surface area contributed by atoms with E-state index >= 15 is 0 Å². The summed E-state index contributed by atoms with van der Waals surface area (Å²) in [6.07, 6.45) is 10.9. The summed E-state index contributed by atoms with van der Waals surface area (Å²) >= 11 is 6.41. The average molecular weight is 742 g/mol. The van der Waals surface area contributed by atoms with Crippen LogP contribution < -0.4 is 14.4 Å². The van der Waals surface area contributed by atoms with E-state index in [1.807, 2.05) is 24.3 Å². The lowest BCUT2D eigenvalue weighted by atomic mass is 9.66. The first kappa shape index (κ1) is 39.8. The fourth-order valence-electron chi connectivity index (χ4n) is 8.36. The van der Waals surface area contributed by atoms with Crippen LogP contribution in [0.25, 0.3) is 0 Å². The molecule has 51 heavy (non-hydrogen) atoms. The normalized spacial score (nSPS) is 28.7. The van der Waals surface area contributed by atoms with Gasteiger partial charge in [0.05, 0.1) is 31.5 Å². The van der Waals surface area contributed by atoms with Crippen molar-refractivity contribution in [1.82, 2.24) is 9.62 Å². The van der Waals surface area contributed by atoms with E-state index in [2.05, 4.69) is 53.3 Å².